The summed E-state index contributed by atoms with van der Waals surface area (Å²) in [6.45, 7) is 4.22. The molecule has 2 aromatic carbocycles. The predicted molar refractivity (Wildman–Crippen MR) is 106 cm³/mol. The predicted octanol–water partition coefficient (Wildman–Crippen LogP) is 3.83. The Morgan fingerprint density at radius 1 is 1.14 bits per heavy atom. The van der Waals surface area contributed by atoms with Gasteiger partial charge in [0.2, 0.25) is 10.0 Å². The summed E-state index contributed by atoms with van der Waals surface area (Å²) < 4.78 is 46.1. The topological polar surface area (TPSA) is 79.5 Å². The van der Waals surface area contributed by atoms with Crippen molar-refractivity contribution in [3.8, 4) is 17.0 Å². The van der Waals surface area contributed by atoms with E-state index in [1.54, 1.807) is 19.9 Å². The van der Waals surface area contributed by atoms with Crippen LogP contribution in [0, 0.1) is 5.82 Å². The molecule has 28 heavy (non-hydrogen) atoms. The van der Waals surface area contributed by atoms with Crippen LogP contribution in [0.4, 0.5) is 4.39 Å². The van der Waals surface area contributed by atoms with Crippen LogP contribution in [0.1, 0.15) is 24.2 Å². The molecule has 1 heterocycles. The van der Waals surface area contributed by atoms with E-state index in [9.17, 15) is 17.6 Å². The molecule has 0 fully saturated rings. The van der Waals surface area contributed by atoms with Crippen molar-refractivity contribution in [2.45, 2.75) is 18.7 Å². The number of ether oxygens (including phenoxy) is 1. The van der Waals surface area contributed by atoms with Gasteiger partial charge in [0.25, 0.3) is 0 Å². The number of methoxy groups -OCH3 is 1. The maximum Gasteiger partial charge on any atom is 0.243 e. The highest BCUT2D eigenvalue weighted by Crippen LogP contribution is 2.36. The maximum absolute atomic E-state index is 13.8. The van der Waals surface area contributed by atoms with Gasteiger partial charge in [-0.25, -0.2) is 12.8 Å². The molecule has 0 aliphatic rings. The van der Waals surface area contributed by atoms with Gasteiger partial charge < -0.3 is 9.72 Å². The minimum absolute atomic E-state index is 0.101. The van der Waals surface area contributed by atoms with Crippen molar-refractivity contribution in [2.75, 3.05) is 20.2 Å². The molecule has 0 amide bonds. The zero-order valence-electron chi connectivity index (χ0n) is 15.8. The lowest BCUT2D eigenvalue weighted by molar-refractivity contribution is 0.112. The van der Waals surface area contributed by atoms with Crippen molar-refractivity contribution in [2.24, 2.45) is 0 Å². The van der Waals surface area contributed by atoms with Gasteiger partial charge in [-0.1, -0.05) is 13.8 Å². The van der Waals surface area contributed by atoms with Crippen molar-refractivity contribution in [3.05, 3.63) is 47.8 Å². The fraction of sp³-hybridized carbons (Fsp3) is 0.250. The number of nitrogens with zero attached hydrogens (tertiary/aromatic N) is 1. The lowest BCUT2D eigenvalue weighted by Crippen LogP contribution is -2.30. The number of carbonyl (C=O) groups excluding carboxylic acids is 1. The Balaban J connectivity index is 2.25. The zero-order chi connectivity index (χ0) is 20.5. The van der Waals surface area contributed by atoms with Crippen molar-refractivity contribution < 1.29 is 22.3 Å². The number of aromatic nitrogens is 1. The Labute approximate surface area is 163 Å². The molecule has 1 N–H and O–H groups in total. The van der Waals surface area contributed by atoms with Crippen molar-refractivity contribution in [1.82, 2.24) is 9.29 Å². The molecule has 0 aliphatic heterocycles. The molecule has 8 heteroatoms. The van der Waals surface area contributed by atoms with E-state index < -0.39 is 15.8 Å². The van der Waals surface area contributed by atoms with Crippen LogP contribution in [0.5, 0.6) is 5.75 Å². The first kappa shape index (κ1) is 20.0. The number of halogens is 1. The molecule has 3 rings (SSSR count). The van der Waals surface area contributed by atoms with Crippen molar-refractivity contribution in [3.63, 3.8) is 0 Å². The van der Waals surface area contributed by atoms with Gasteiger partial charge in [-0.05, 0) is 36.4 Å². The van der Waals surface area contributed by atoms with Gasteiger partial charge >= 0.3 is 0 Å². The first-order valence-electron chi connectivity index (χ1n) is 8.82. The quantitative estimate of drug-likeness (QED) is 0.607. The smallest absolute Gasteiger partial charge is 0.243 e. The number of H-pyrrole nitrogens is 1. The average molecular weight is 404 g/mol. The molecule has 148 valence electrons. The number of hydrogen-bond acceptors (Lipinski definition) is 4. The third-order valence-corrected chi connectivity index (χ3v) is 6.75. The van der Waals surface area contributed by atoms with Crippen LogP contribution >= 0.6 is 0 Å². The molecule has 0 spiro atoms. The molecule has 0 saturated heterocycles. The number of fused-ring (bicyclic) bond motifs is 1. The molecule has 0 aliphatic carbocycles. The normalized spacial score (nSPS) is 11.9. The van der Waals surface area contributed by atoms with Gasteiger partial charge in [0.15, 0.2) is 6.29 Å². The highest BCUT2D eigenvalue weighted by Gasteiger charge is 2.24. The molecule has 0 unspecified atom stereocenters. The number of aldehydes is 1. The van der Waals surface area contributed by atoms with Gasteiger partial charge in [0, 0.05) is 35.1 Å². The molecule has 0 bridgehead atoms. The lowest BCUT2D eigenvalue weighted by atomic mass is 10.1. The summed E-state index contributed by atoms with van der Waals surface area (Å²) in [5.41, 5.74) is 1.57. The van der Waals surface area contributed by atoms with E-state index >= 15 is 0 Å². The number of nitrogens with one attached hydrogen (secondary N) is 1. The third-order valence-electron chi connectivity index (χ3n) is 4.70. The second kappa shape index (κ2) is 7.73. The largest absolute Gasteiger partial charge is 0.496 e. The summed E-state index contributed by atoms with van der Waals surface area (Å²) in [4.78, 5) is 15.0. The second-order valence-corrected chi connectivity index (χ2v) is 8.11. The second-order valence-electron chi connectivity index (χ2n) is 6.17. The van der Waals surface area contributed by atoms with Gasteiger partial charge in [0.1, 0.15) is 11.6 Å². The molecule has 6 nitrogen and oxygen atoms in total. The summed E-state index contributed by atoms with van der Waals surface area (Å²) in [6, 6.07) is 8.57. The van der Waals surface area contributed by atoms with Crippen molar-refractivity contribution in [1.29, 1.82) is 0 Å². The van der Waals surface area contributed by atoms with Crippen LogP contribution < -0.4 is 4.74 Å². The first-order chi connectivity index (χ1) is 13.4. The number of aromatic amines is 1. The molecule has 0 atom stereocenters. The van der Waals surface area contributed by atoms with Gasteiger partial charge in [0.05, 0.1) is 17.7 Å². The van der Waals surface area contributed by atoms with E-state index in [-0.39, 0.29) is 10.5 Å². The summed E-state index contributed by atoms with van der Waals surface area (Å²) in [5.74, 6) is -0.0804. The van der Waals surface area contributed by atoms with Crippen LogP contribution in [0.3, 0.4) is 0 Å². The van der Waals surface area contributed by atoms with Crippen LogP contribution in [0.2, 0.25) is 0 Å². The molecular formula is C20H21FN2O4S. The average Bonchev–Trinajstić information content (AvgIpc) is 3.06. The number of hydrogen-bond donors (Lipinski definition) is 1. The van der Waals surface area contributed by atoms with E-state index in [4.69, 9.17) is 4.74 Å². The minimum atomic E-state index is -3.67. The van der Waals surface area contributed by atoms with Crippen molar-refractivity contribution >= 4 is 27.2 Å². The fourth-order valence-electron chi connectivity index (χ4n) is 3.28. The Hall–Kier alpha value is -2.71. The molecule has 3 aromatic rings. The fourth-order valence-corrected chi connectivity index (χ4v) is 4.76. The summed E-state index contributed by atoms with van der Waals surface area (Å²) in [6.07, 6.45) is 0.631. The number of benzene rings is 2. The summed E-state index contributed by atoms with van der Waals surface area (Å²) in [5, 5.41) is 0.449. The summed E-state index contributed by atoms with van der Waals surface area (Å²) >= 11 is 0. The maximum atomic E-state index is 13.8. The Morgan fingerprint density at radius 3 is 2.46 bits per heavy atom. The van der Waals surface area contributed by atoms with E-state index in [0.29, 0.717) is 47.3 Å². The van der Waals surface area contributed by atoms with Gasteiger partial charge in [-0.2, -0.15) is 4.31 Å². The van der Waals surface area contributed by atoms with Gasteiger partial charge in [-0.3, -0.25) is 4.79 Å². The Morgan fingerprint density at radius 2 is 1.86 bits per heavy atom. The lowest BCUT2D eigenvalue weighted by Gasteiger charge is -2.18. The van der Waals surface area contributed by atoms with E-state index in [1.165, 1.54) is 41.7 Å². The third kappa shape index (κ3) is 3.29. The highest BCUT2D eigenvalue weighted by molar-refractivity contribution is 7.89. The van der Waals surface area contributed by atoms with Crippen LogP contribution in [-0.4, -0.2) is 44.2 Å². The standard InChI is InChI=1S/C20H21FN2O4S/c1-4-23(5-2)28(25,26)14-7-8-18-15(11-14)17(12-24)20(22-18)16-10-13(21)6-9-19(16)27-3/h6-12,22H,4-5H2,1-3H3. The van der Waals surface area contributed by atoms with E-state index in [1.807, 2.05) is 0 Å². The number of rotatable bonds is 7. The Kier molecular flexibility index (Phi) is 5.53. The number of sulfonamides is 1. The molecule has 0 radical (unpaired) electrons. The molecule has 0 saturated carbocycles. The van der Waals surface area contributed by atoms with Crippen LogP contribution in [-0.2, 0) is 10.0 Å². The first-order valence-corrected chi connectivity index (χ1v) is 10.3. The SMILES string of the molecule is CCN(CC)S(=O)(=O)c1ccc2[nH]c(-c3cc(F)ccc3OC)c(C=O)c2c1. The van der Waals surface area contributed by atoms with E-state index in [0.717, 1.165) is 0 Å². The minimum Gasteiger partial charge on any atom is -0.496 e. The molecule has 1 aromatic heterocycles. The summed E-state index contributed by atoms with van der Waals surface area (Å²) in [7, 11) is -2.22. The highest BCUT2D eigenvalue weighted by atomic mass is 32.2. The monoisotopic (exact) mass is 404 g/mol. The molecular weight excluding hydrogens is 383 g/mol. The van der Waals surface area contributed by atoms with Gasteiger partial charge in [-0.15, -0.1) is 0 Å². The van der Waals surface area contributed by atoms with Crippen LogP contribution in [0.25, 0.3) is 22.2 Å². The zero-order valence-corrected chi connectivity index (χ0v) is 16.6. The number of carbonyl (C=O) groups is 1. The van der Waals surface area contributed by atoms with E-state index in [2.05, 4.69) is 4.98 Å². The Bertz CT molecular complexity index is 1130. The van der Waals surface area contributed by atoms with Crippen LogP contribution in [0.15, 0.2) is 41.3 Å².